The number of nitrogens with two attached hydrogens (primary N) is 1. The van der Waals surface area contributed by atoms with Crippen LogP contribution in [0.2, 0.25) is 0 Å². The van der Waals surface area contributed by atoms with Gasteiger partial charge in [0.2, 0.25) is 0 Å². The van der Waals surface area contributed by atoms with Gasteiger partial charge < -0.3 is 10.6 Å². The third-order valence-electron chi connectivity index (χ3n) is 3.43. The van der Waals surface area contributed by atoms with Crippen molar-refractivity contribution in [3.63, 3.8) is 0 Å². The molecule has 1 aromatic heterocycles. The molecule has 1 aliphatic heterocycles. The van der Waals surface area contributed by atoms with E-state index >= 15 is 0 Å². The maximum atomic E-state index is 5.91. The first-order valence-corrected chi connectivity index (χ1v) is 6.57. The van der Waals surface area contributed by atoms with Gasteiger partial charge >= 0.3 is 0 Å². The Hall–Kier alpha value is -2.56. The van der Waals surface area contributed by atoms with E-state index < -0.39 is 0 Å². The van der Waals surface area contributed by atoms with Crippen LogP contribution in [0.4, 0.5) is 0 Å². The Bertz CT molecular complexity index is 629. The summed E-state index contributed by atoms with van der Waals surface area (Å²) in [6.07, 6.45) is 5.74. The lowest BCUT2D eigenvalue weighted by Crippen LogP contribution is -2.36. The molecular weight excluding hydrogens is 250 g/mol. The van der Waals surface area contributed by atoms with Crippen LogP contribution in [0, 0.1) is 0 Å². The van der Waals surface area contributed by atoms with Crippen LogP contribution in [0.15, 0.2) is 60.4 Å². The first-order chi connectivity index (χ1) is 9.79. The average Bonchev–Trinajstić information content (AvgIpc) is 3.08. The molecule has 102 valence electrons. The maximum Gasteiger partial charge on any atom is 0.192 e. The molecule has 0 aliphatic carbocycles. The van der Waals surface area contributed by atoms with E-state index in [-0.39, 0.29) is 6.04 Å². The highest BCUT2D eigenvalue weighted by atomic mass is 15.3. The first kappa shape index (κ1) is 12.5. The Balaban J connectivity index is 1.86. The number of benzene rings is 1. The normalized spacial score (nSPS) is 18.1. The average molecular weight is 267 g/mol. The van der Waals surface area contributed by atoms with E-state index in [0.717, 1.165) is 11.3 Å². The number of guanidine groups is 1. The van der Waals surface area contributed by atoms with Crippen molar-refractivity contribution in [3.05, 3.63) is 60.9 Å². The Labute approximate surface area is 118 Å². The SMILES string of the molecule is C=CCN1C(N)=NCC1c1cnn(-c2ccccc2)c1. The summed E-state index contributed by atoms with van der Waals surface area (Å²) in [5.74, 6) is 0.572. The minimum Gasteiger partial charge on any atom is -0.370 e. The van der Waals surface area contributed by atoms with Crippen LogP contribution in [0.5, 0.6) is 0 Å². The lowest BCUT2D eigenvalue weighted by atomic mass is 10.1. The largest absolute Gasteiger partial charge is 0.370 e. The molecule has 5 heteroatoms. The molecule has 0 spiro atoms. The first-order valence-electron chi connectivity index (χ1n) is 6.57. The molecule has 0 bridgehead atoms. The summed E-state index contributed by atoms with van der Waals surface area (Å²) in [4.78, 5) is 6.35. The summed E-state index contributed by atoms with van der Waals surface area (Å²) < 4.78 is 1.87. The summed E-state index contributed by atoms with van der Waals surface area (Å²) >= 11 is 0. The number of hydrogen-bond donors (Lipinski definition) is 1. The van der Waals surface area contributed by atoms with Crippen molar-refractivity contribution >= 4 is 5.96 Å². The molecule has 0 saturated carbocycles. The van der Waals surface area contributed by atoms with Crippen LogP contribution in [-0.4, -0.2) is 33.7 Å². The van der Waals surface area contributed by atoms with E-state index in [1.807, 2.05) is 58.4 Å². The second kappa shape index (κ2) is 5.21. The van der Waals surface area contributed by atoms with Gasteiger partial charge in [0, 0.05) is 18.3 Å². The van der Waals surface area contributed by atoms with Crippen molar-refractivity contribution in [2.24, 2.45) is 10.7 Å². The van der Waals surface area contributed by atoms with Crippen molar-refractivity contribution in [2.45, 2.75) is 6.04 Å². The van der Waals surface area contributed by atoms with Gasteiger partial charge in [-0.05, 0) is 12.1 Å². The van der Waals surface area contributed by atoms with Crippen molar-refractivity contribution in [3.8, 4) is 5.69 Å². The Morgan fingerprint density at radius 2 is 2.15 bits per heavy atom. The fraction of sp³-hybridized carbons (Fsp3) is 0.200. The molecule has 0 amide bonds. The number of aliphatic imine (C=N–C) groups is 1. The second-order valence-electron chi connectivity index (χ2n) is 4.71. The Morgan fingerprint density at radius 1 is 1.35 bits per heavy atom. The zero-order valence-corrected chi connectivity index (χ0v) is 11.2. The summed E-state index contributed by atoms with van der Waals surface area (Å²) in [5.41, 5.74) is 8.07. The summed E-state index contributed by atoms with van der Waals surface area (Å²) in [6.45, 7) is 5.12. The molecule has 0 fully saturated rings. The molecule has 3 rings (SSSR count). The fourth-order valence-corrected chi connectivity index (χ4v) is 2.40. The summed E-state index contributed by atoms with van der Waals surface area (Å²) in [7, 11) is 0. The van der Waals surface area contributed by atoms with Gasteiger partial charge in [0.1, 0.15) is 0 Å². The summed E-state index contributed by atoms with van der Waals surface area (Å²) in [6, 6.07) is 10.2. The van der Waals surface area contributed by atoms with Crippen LogP contribution in [0.3, 0.4) is 0 Å². The van der Waals surface area contributed by atoms with Gasteiger partial charge in [-0.1, -0.05) is 24.3 Å². The number of rotatable bonds is 4. The van der Waals surface area contributed by atoms with E-state index in [0.29, 0.717) is 19.0 Å². The Morgan fingerprint density at radius 3 is 2.90 bits per heavy atom. The van der Waals surface area contributed by atoms with Gasteiger partial charge in [-0.15, -0.1) is 6.58 Å². The second-order valence-corrected chi connectivity index (χ2v) is 4.71. The van der Waals surface area contributed by atoms with E-state index in [1.54, 1.807) is 0 Å². The molecule has 5 nitrogen and oxygen atoms in total. The molecule has 1 atom stereocenters. The summed E-state index contributed by atoms with van der Waals surface area (Å²) in [5, 5.41) is 4.42. The van der Waals surface area contributed by atoms with Gasteiger partial charge in [0.05, 0.1) is 24.5 Å². The van der Waals surface area contributed by atoms with E-state index in [4.69, 9.17) is 5.73 Å². The highest BCUT2D eigenvalue weighted by molar-refractivity contribution is 5.80. The lowest BCUT2D eigenvalue weighted by molar-refractivity contribution is 0.380. The molecule has 2 aromatic rings. The third kappa shape index (κ3) is 2.18. The van der Waals surface area contributed by atoms with Crippen LogP contribution in [0.25, 0.3) is 5.69 Å². The minimum atomic E-state index is 0.144. The molecular formula is C15H17N5. The van der Waals surface area contributed by atoms with Crippen LogP contribution in [0.1, 0.15) is 11.6 Å². The predicted molar refractivity (Wildman–Crippen MR) is 79.7 cm³/mol. The molecule has 2 heterocycles. The number of nitrogens with zero attached hydrogens (tertiary/aromatic N) is 4. The minimum absolute atomic E-state index is 0.144. The highest BCUT2D eigenvalue weighted by Crippen LogP contribution is 2.25. The molecule has 2 N–H and O–H groups in total. The number of aromatic nitrogens is 2. The molecule has 0 radical (unpaired) electrons. The van der Waals surface area contributed by atoms with Crippen LogP contribution in [-0.2, 0) is 0 Å². The third-order valence-corrected chi connectivity index (χ3v) is 3.43. The standard InChI is InChI=1S/C15H17N5/c1-2-8-19-14(10-17-15(19)16)12-9-18-20(11-12)13-6-4-3-5-7-13/h2-7,9,11,14H,1,8,10H2,(H2,16,17). The number of para-hydroxylation sites is 1. The zero-order valence-electron chi connectivity index (χ0n) is 11.2. The van der Waals surface area contributed by atoms with E-state index in [2.05, 4.69) is 16.7 Å². The maximum absolute atomic E-state index is 5.91. The fourth-order valence-electron chi connectivity index (χ4n) is 2.40. The van der Waals surface area contributed by atoms with E-state index in [1.165, 1.54) is 0 Å². The van der Waals surface area contributed by atoms with Crippen LogP contribution < -0.4 is 5.73 Å². The van der Waals surface area contributed by atoms with Crippen molar-refractivity contribution in [2.75, 3.05) is 13.1 Å². The van der Waals surface area contributed by atoms with Gasteiger partial charge in [-0.25, -0.2) is 4.68 Å². The lowest BCUT2D eigenvalue weighted by Gasteiger charge is -2.23. The van der Waals surface area contributed by atoms with Gasteiger partial charge in [-0.3, -0.25) is 4.99 Å². The molecule has 1 aliphatic rings. The van der Waals surface area contributed by atoms with Crippen molar-refractivity contribution in [1.82, 2.24) is 14.7 Å². The van der Waals surface area contributed by atoms with Crippen molar-refractivity contribution in [1.29, 1.82) is 0 Å². The van der Waals surface area contributed by atoms with Gasteiger partial charge in [-0.2, -0.15) is 5.10 Å². The Kier molecular flexibility index (Phi) is 3.25. The van der Waals surface area contributed by atoms with E-state index in [9.17, 15) is 0 Å². The van der Waals surface area contributed by atoms with Gasteiger partial charge in [0.15, 0.2) is 5.96 Å². The van der Waals surface area contributed by atoms with Crippen LogP contribution >= 0.6 is 0 Å². The monoisotopic (exact) mass is 267 g/mol. The molecule has 1 aromatic carbocycles. The number of hydrogen-bond acceptors (Lipinski definition) is 4. The van der Waals surface area contributed by atoms with Gasteiger partial charge in [0.25, 0.3) is 0 Å². The topological polar surface area (TPSA) is 59.4 Å². The quantitative estimate of drug-likeness (QED) is 0.858. The molecule has 0 saturated heterocycles. The zero-order chi connectivity index (χ0) is 13.9. The highest BCUT2D eigenvalue weighted by Gasteiger charge is 2.27. The molecule has 1 unspecified atom stereocenters. The van der Waals surface area contributed by atoms with Crippen molar-refractivity contribution < 1.29 is 0 Å². The smallest absolute Gasteiger partial charge is 0.192 e. The predicted octanol–water partition coefficient (Wildman–Crippen LogP) is 1.73. The molecule has 20 heavy (non-hydrogen) atoms.